The molecule has 0 unspecified atom stereocenters. The largest absolute Gasteiger partial charge is 0.486 e. The lowest BCUT2D eigenvalue weighted by atomic mass is 9.59. The Balaban J connectivity index is 0.975. The van der Waals surface area contributed by atoms with Crippen LogP contribution in [0, 0.1) is 17.2 Å². The van der Waals surface area contributed by atoms with Crippen LogP contribution in [0.2, 0.25) is 0 Å². The maximum atomic E-state index is 13.1. The second-order valence-electron chi connectivity index (χ2n) is 10.6. The number of hydrogen-bond acceptors (Lipinski definition) is 6. The highest BCUT2D eigenvalue weighted by Crippen LogP contribution is 2.53. The Morgan fingerprint density at radius 3 is 2.51 bits per heavy atom. The van der Waals surface area contributed by atoms with Crippen LogP contribution in [0.15, 0.2) is 75.0 Å². The highest BCUT2D eigenvalue weighted by Gasteiger charge is 2.55. The number of ether oxygens (including phenoxy) is 1. The number of nitrogens with zero attached hydrogens (tertiary/aromatic N) is 2. The number of hydrogen-bond donors (Lipinski definition) is 0. The molecule has 37 heavy (non-hydrogen) atoms. The minimum Gasteiger partial charge on any atom is -0.486 e. The summed E-state index contributed by atoms with van der Waals surface area (Å²) in [5.74, 6) is 0.639. The van der Waals surface area contributed by atoms with Gasteiger partial charge < -0.3 is 9.15 Å². The normalized spacial score (nSPS) is 19.7. The molecule has 1 aliphatic carbocycles. The Labute approximate surface area is 215 Å². The fraction of sp³-hybridized carbons (Fsp3) is 0.393. The van der Waals surface area contributed by atoms with Gasteiger partial charge >= 0.3 is 0 Å². The molecule has 0 atom stereocenters. The summed E-state index contributed by atoms with van der Waals surface area (Å²) in [5, 5.41) is 0. The lowest BCUT2D eigenvalue weighted by Gasteiger charge is -2.58. The predicted molar refractivity (Wildman–Crippen MR) is 135 cm³/mol. The van der Waals surface area contributed by atoms with Crippen LogP contribution in [0.5, 0.6) is 5.75 Å². The molecule has 3 heterocycles. The lowest BCUT2D eigenvalue weighted by Crippen LogP contribution is -2.64. The molecular weight excluding hydrogens is 495 g/mol. The van der Waals surface area contributed by atoms with Crippen molar-refractivity contribution in [1.82, 2.24) is 9.21 Å². The van der Waals surface area contributed by atoms with Gasteiger partial charge in [0, 0.05) is 32.2 Å². The van der Waals surface area contributed by atoms with E-state index < -0.39 is 15.8 Å². The van der Waals surface area contributed by atoms with Crippen LogP contribution in [-0.2, 0) is 29.5 Å². The first-order valence-electron chi connectivity index (χ1n) is 12.6. The standard InChI is InChI=1S/C28H29FN2O5S/c29-23-5-7-25(8-6-23)37(33,34)31-18-28(19-31)12-20(13-28)16-36-27-17-35-24(11-26(27)32)15-30-10-9-21-3-1-2-4-22(21)14-30/h1-8,11,17,20H,9-10,12-16,18-19H2. The molecule has 1 saturated heterocycles. The van der Waals surface area contributed by atoms with Crippen LogP contribution in [0.3, 0.4) is 0 Å². The quantitative estimate of drug-likeness (QED) is 0.468. The summed E-state index contributed by atoms with van der Waals surface area (Å²) in [6.07, 6.45) is 4.09. The maximum Gasteiger partial charge on any atom is 0.243 e. The van der Waals surface area contributed by atoms with E-state index in [9.17, 15) is 17.6 Å². The van der Waals surface area contributed by atoms with Gasteiger partial charge in [-0.25, -0.2) is 12.8 Å². The van der Waals surface area contributed by atoms with Crippen LogP contribution in [0.1, 0.15) is 29.7 Å². The SMILES string of the molecule is O=c1cc(CN2CCc3ccccc3C2)occ1OCC1CC2(C1)CN(S(=O)(=O)c1ccc(F)cc1)C2. The van der Waals surface area contributed by atoms with E-state index in [4.69, 9.17) is 9.15 Å². The molecule has 194 valence electrons. The maximum absolute atomic E-state index is 13.1. The monoisotopic (exact) mass is 524 g/mol. The Morgan fingerprint density at radius 2 is 1.78 bits per heavy atom. The van der Waals surface area contributed by atoms with Gasteiger partial charge in [-0.2, -0.15) is 4.31 Å². The van der Waals surface area contributed by atoms with E-state index in [1.807, 2.05) is 0 Å². The zero-order chi connectivity index (χ0) is 25.6. The van der Waals surface area contributed by atoms with Crippen molar-refractivity contribution in [3.05, 3.63) is 93.8 Å². The molecule has 3 aliphatic rings. The van der Waals surface area contributed by atoms with E-state index in [-0.39, 0.29) is 27.4 Å². The zero-order valence-electron chi connectivity index (χ0n) is 20.4. The molecule has 1 spiro atoms. The number of sulfonamides is 1. The zero-order valence-corrected chi connectivity index (χ0v) is 21.3. The van der Waals surface area contributed by atoms with Crippen LogP contribution < -0.4 is 10.2 Å². The summed E-state index contributed by atoms with van der Waals surface area (Å²) in [4.78, 5) is 15.0. The molecule has 0 N–H and O–H groups in total. The first-order valence-corrected chi connectivity index (χ1v) is 14.0. The third kappa shape index (κ3) is 4.83. The van der Waals surface area contributed by atoms with Crippen molar-refractivity contribution in [2.24, 2.45) is 11.3 Å². The lowest BCUT2D eigenvalue weighted by molar-refractivity contribution is -0.0658. The Bertz CT molecular complexity index is 1460. The molecule has 0 bridgehead atoms. The van der Waals surface area contributed by atoms with Crippen molar-refractivity contribution in [1.29, 1.82) is 0 Å². The minimum atomic E-state index is -3.60. The minimum absolute atomic E-state index is 0.0251. The van der Waals surface area contributed by atoms with E-state index in [0.717, 1.165) is 44.5 Å². The first kappa shape index (κ1) is 24.3. The first-order chi connectivity index (χ1) is 17.8. The summed E-state index contributed by atoms with van der Waals surface area (Å²) >= 11 is 0. The average Bonchev–Trinajstić information content (AvgIpc) is 2.83. The number of halogens is 1. The number of rotatable bonds is 7. The fourth-order valence-corrected chi connectivity index (χ4v) is 7.58. The Hall–Kier alpha value is -3.01. The number of benzene rings is 2. The van der Waals surface area contributed by atoms with Gasteiger partial charge in [-0.05, 0) is 66.0 Å². The highest BCUT2D eigenvalue weighted by atomic mass is 32.2. The van der Waals surface area contributed by atoms with Crippen LogP contribution in [-0.4, -0.2) is 43.9 Å². The predicted octanol–water partition coefficient (Wildman–Crippen LogP) is 3.82. The van der Waals surface area contributed by atoms with Gasteiger partial charge in [0.1, 0.15) is 17.8 Å². The summed E-state index contributed by atoms with van der Waals surface area (Å²) < 4.78 is 51.5. The van der Waals surface area contributed by atoms with Gasteiger partial charge in [0.2, 0.25) is 21.2 Å². The molecule has 6 rings (SSSR count). The second kappa shape index (κ2) is 9.38. The van der Waals surface area contributed by atoms with Crippen molar-refractivity contribution < 1.29 is 22.0 Å². The van der Waals surface area contributed by atoms with E-state index in [0.29, 0.717) is 32.0 Å². The van der Waals surface area contributed by atoms with Crippen molar-refractivity contribution in [3.8, 4) is 5.75 Å². The van der Waals surface area contributed by atoms with Gasteiger partial charge in [0.05, 0.1) is 18.0 Å². The summed E-state index contributed by atoms with van der Waals surface area (Å²) in [7, 11) is -3.60. The van der Waals surface area contributed by atoms with E-state index >= 15 is 0 Å². The highest BCUT2D eigenvalue weighted by molar-refractivity contribution is 7.89. The molecule has 9 heteroatoms. The van der Waals surface area contributed by atoms with Gasteiger partial charge in [-0.3, -0.25) is 9.69 Å². The molecule has 1 saturated carbocycles. The van der Waals surface area contributed by atoms with Crippen molar-refractivity contribution >= 4 is 10.0 Å². The third-order valence-corrected chi connectivity index (χ3v) is 9.64. The molecule has 3 aromatic rings. The van der Waals surface area contributed by atoms with E-state index in [2.05, 4.69) is 29.2 Å². The summed E-state index contributed by atoms with van der Waals surface area (Å²) in [5.41, 5.74) is 2.48. The second-order valence-corrected chi connectivity index (χ2v) is 12.6. The third-order valence-electron chi connectivity index (χ3n) is 7.83. The molecule has 1 aromatic heterocycles. The Morgan fingerprint density at radius 1 is 1.05 bits per heavy atom. The molecule has 7 nitrogen and oxygen atoms in total. The topological polar surface area (TPSA) is 80.1 Å². The molecule has 0 radical (unpaired) electrons. The van der Waals surface area contributed by atoms with Crippen LogP contribution >= 0.6 is 0 Å². The van der Waals surface area contributed by atoms with Crippen molar-refractivity contribution in [3.63, 3.8) is 0 Å². The molecule has 0 amide bonds. The van der Waals surface area contributed by atoms with Gasteiger partial charge in [-0.1, -0.05) is 24.3 Å². The molecule has 2 aliphatic heterocycles. The molecular formula is C28H29FN2O5S. The molecule has 2 aromatic carbocycles. The smallest absolute Gasteiger partial charge is 0.243 e. The van der Waals surface area contributed by atoms with Crippen molar-refractivity contribution in [2.45, 2.75) is 37.2 Å². The van der Waals surface area contributed by atoms with E-state index in [1.165, 1.54) is 39.9 Å². The van der Waals surface area contributed by atoms with Crippen LogP contribution in [0.25, 0.3) is 0 Å². The van der Waals surface area contributed by atoms with Gasteiger partial charge in [0.15, 0.2) is 0 Å². The van der Waals surface area contributed by atoms with E-state index in [1.54, 1.807) is 0 Å². The molecule has 2 fully saturated rings. The van der Waals surface area contributed by atoms with Crippen molar-refractivity contribution in [2.75, 3.05) is 26.2 Å². The van der Waals surface area contributed by atoms with Crippen LogP contribution in [0.4, 0.5) is 4.39 Å². The fourth-order valence-electron chi connectivity index (χ4n) is 5.91. The summed E-state index contributed by atoms with van der Waals surface area (Å²) in [6.45, 7) is 3.66. The van der Waals surface area contributed by atoms with Gasteiger partial charge in [-0.15, -0.1) is 0 Å². The number of fused-ring (bicyclic) bond motifs is 1. The average molecular weight is 525 g/mol. The van der Waals surface area contributed by atoms with Gasteiger partial charge in [0.25, 0.3) is 0 Å². The Kier molecular flexibility index (Phi) is 6.17. The summed E-state index contributed by atoms with van der Waals surface area (Å²) in [6, 6.07) is 14.9.